The number of benzene rings is 2. The molecule has 1 unspecified atom stereocenters. The molecule has 2 heterocycles. The Bertz CT molecular complexity index is 1130. The molecule has 0 saturated carbocycles. The Balaban J connectivity index is 1.58. The van der Waals surface area contributed by atoms with Crippen LogP contribution >= 0.6 is 0 Å². The second kappa shape index (κ2) is 8.76. The topological polar surface area (TPSA) is 65.4 Å². The first kappa shape index (κ1) is 23.2. The lowest BCUT2D eigenvalue weighted by Crippen LogP contribution is -2.41. The molecule has 0 spiro atoms. The number of carbonyl (C=O) groups is 1. The van der Waals surface area contributed by atoms with E-state index in [2.05, 4.69) is 10.4 Å². The maximum atomic E-state index is 15.0. The molecule has 1 fully saturated rings. The van der Waals surface area contributed by atoms with Crippen LogP contribution in [0.2, 0.25) is 0 Å². The van der Waals surface area contributed by atoms with E-state index < -0.39 is 30.1 Å². The van der Waals surface area contributed by atoms with E-state index in [0.29, 0.717) is 17.7 Å². The SMILES string of the molecule is Cc1ccc(C(NC(=O)c2cnn(Cc3ccccc3)c2)B2OC(C)(C)C(C)(C)O2)c(F)c1. The van der Waals surface area contributed by atoms with Crippen LogP contribution in [-0.2, 0) is 15.9 Å². The molecule has 4 rings (SSSR count). The van der Waals surface area contributed by atoms with Gasteiger partial charge in [-0.15, -0.1) is 0 Å². The van der Waals surface area contributed by atoms with Gasteiger partial charge in [-0.3, -0.25) is 9.48 Å². The van der Waals surface area contributed by atoms with E-state index >= 15 is 0 Å². The molecule has 8 heteroatoms. The number of hydrogen-bond acceptors (Lipinski definition) is 4. The number of halogens is 1. The van der Waals surface area contributed by atoms with Gasteiger partial charge in [-0.05, 0) is 51.8 Å². The van der Waals surface area contributed by atoms with Crippen molar-refractivity contribution in [2.75, 3.05) is 0 Å². The normalized spacial score (nSPS) is 17.7. The van der Waals surface area contributed by atoms with Gasteiger partial charge in [0.1, 0.15) is 5.82 Å². The molecular weight excluding hydrogens is 420 g/mol. The van der Waals surface area contributed by atoms with Crippen LogP contribution in [0, 0.1) is 12.7 Å². The van der Waals surface area contributed by atoms with E-state index in [-0.39, 0.29) is 5.91 Å². The third-order valence-electron chi connectivity index (χ3n) is 6.40. The monoisotopic (exact) mass is 449 g/mol. The highest BCUT2D eigenvalue weighted by molar-refractivity contribution is 6.48. The molecule has 1 aliphatic heterocycles. The molecule has 1 aromatic heterocycles. The van der Waals surface area contributed by atoms with E-state index in [1.807, 2.05) is 65.0 Å². The lowest BCUT2D eigenvalue weighted by atomic mass is 9.73. The van der Waals surface area contributed by atoms with Crippen molar-refractivity contribution < 1.29 is 18.5 Å². The first-order chi connectivity index (χ1) is 15.6. The highest BCUT2D eigenvalue weighted by Gasteiger charge is 2.55. The molecule has 0 radical (unpaired) electrons. The van der Waals surface area contributed by atoms with Crippen molar-refractivity contribution in [2.45, 2.75) is 58.3 Å². The van der Waals surface area contributed by atoms with Crippen molar-refractivity contribution in [3.8, 4) is 0 Å². The van der Waals surface area contributed by atoms with Gasteiger partial charge in [0.2, 0.25) is 0 Å². The summed E-state index contributed by atoms with van der Waals surface area (Å²) in [6.07, 6.45) is 3.18. The summed E-state index contributed by atoms with van der Waals surface area (Å²) in [5.41, 5.74) is 1.30. The summed E-state index contributed by atoms with van der Waals surface area (Å²) in [4.78, 5) is 13.2. The summed E-state index contributed by atoms with van der Waals surface area (Å²) in [5, 5.41) is 7.23. The Labute approximate surface area is 194 Å². The van der Waals surface area contributed by atoms with E-state index in [9.17, 15) is 9.18 Å². The molecule has 2 aromatic carbocycles. The van der Waals surface area contributed by atoms with Crippen molar-refractivity contribution in [3.63, 3.8) is 0 Å². The van der Waals surface area contributed by atoms with Crippen molar-refractivity contribution in [2.24, 2.45) is 0 Å². The predicted octanol–water partition coefficient (Wildman–Crippen LogP) is 4.48. The summed E-state index contributed by atoms with van der Waals surface area (Å²) in [6.45, 7) is 10.0. The maximum Gasteiger partial charge on any atom is 0.486 e. The highest BCUT2D eigenvalue weighted by Crippen LogP contribution is 2.40. The van der Waals surface area contributed by atoms with Gasteiger partial charge < -0.3 is 14.6 Å². The molecule has 1 N–H and O–H groups in total. The average Bonchev–Trinajstić information content (AvgIpc) is 3.29. The Hall–Kier alpha value is -2.97. The minimum atomic E-state index is -0.851. The van der Waals surface area contributed by atoms with E-state index in [4.69, 9.17) is 9.31 Å². The first-order valence-electron chi connectivity index (χ1n) is 11.0. The molecule has 6 nitrogen and oxygen atoms in total. The molecular formula is C25H29BFN3O3. The summed E-state index contributed by atoms with van der Waals surface area (Å²) in [7, 11) is -0.851. The van der Waals surface area contributed by atoms with Crippen molar-refractivity contribution in [1.29, 1.82) is 0 Å². The van der Waals surface area contributed by atoms with E-state index in [0.717, 1.165) is 11.1 Å². The largest absolute Gasteiger partial charge is 0.486 e. The lowest BCUT2D eigenvalue weighted by Gasteiger charge is -2.32. The summed E-state index contributed by atoms with van der Waals surface area (Å²) < 4.78 is 29.0. The Morgan fingerprint density at radius 3 is 2.42 bits per heavy atom. The summed E-state index contributed by atoms with van der Waals surface area (Å²) >= 11 is 0. The number of nitrogens with one attached hydrogen (secondary N) is 1. The number of hydrogen-bond donors (Lipinski definition) is 1. The van der Waals surface area contributed by atoms with Gasteiger partial charge in [0.25, 0.3) is 5.91 Å². The van der Waals surface area contributed by atoms with Gasteiger partial charge in [-0.25, -0.2) is 4.39 Å². The standard InChI is InChI=1S/C25H29BFN3O3/c1-17-11-12-20(21(27)13-17)22(26-32-24(2,3)25(4,5)33-26)29-23(31)19-14-28-30(16-19)15-18-9-7-6-8-10-18/h6-14,16,22H,15H2,1-5H3,(H,29,31). The Morgan fingerprint density at radius 2 is 1.79 bits per heavy atom. The van der Waals surface area contributed by atoms with E-state index in [1.165, 1.54) is 12.3 Å². The fourth-order valence-electron chi connectivity index (χ4n) is 3.76. The van der Waals surface area contributed by atoms with Crippen LogP contribution in [0.3, 0.4) is 0 Å². The van der Waals surface area contributed by atoms with Gasteiger partial charge in [0, 0.05) is 11.8 Å². The van der Waals surface area contributed by atoms with Crippen LogP contribution in [-0.4, -0.2) is 34.0 Å². The zero-order valence-electron chi connectivity index (χ0n) is 19.6. The minimum Gasteiger partial charge on any atom is -0.402 e. The number of aryl methyl sites for hydroxylation is 1. The zero-order valence-corrected chi connectivity index (χ0v) is 19.6. The number of carbonyl (C=O) groups excluding carboxylic acids is 1. The summed E-state index contributed by atoms with van der Waals surface area (Å²) in [5.74, 6) is -1.64. The third kappa shape index (κ3) is 4.87. The molecule has 172 valence electrons. The molecule has 33 heavy (non-hydrogen) atoms. The predicted molar refractivity (Wildman–Crippen MR) is 125 cm³/mol. The number of rotatable bonds is 6. The van der Waals surface area contributed by atoms with Gasteiger partial charge in [0.05, 0.1) is 35.4 Å². The van der Waals surface area contributed by atoms with Crippen LogP contribution in [0.4, 0.5) is 4.39 Å². The fraction of sp³-hybridized carbons (Fsp3) is 0.360. The Morgan fingerprint density at radius 1 is 1.12 bits per heavy atom. The molecule has 1 atom stereocenters. The molecule has 1 aliphatic rings. The summed E-state index contributed by atoms with van der Waals surface area (Å²) in [6, 6.07) is 14.8. The highest BCUT2D eigenvalue weighted by atomic mass is 19.1. The molecule has 0 bridgehead atoms. The molecule has 3 aromatic rings. The number of amides is 1. The maximum absolute atomic E-state index is 15.0. The van der Waals surface area contributed by atoms with Crippen LogP contribution < -0.4 is 5.32 Å². The fourth-order valence-corrected chi connectivity index (χ4v) is 3.76. The van der Waals surface area contributed by atoms with Crippen LogP contribution in [0.5, 0.6) is 0 Å². The lowest BCUT2D eigenvalue weighted by molar-refractivity contribution is 0.00578. The minimum absolute atomic E-state index is 0.309. The van der Waals surface area contributed by atoms with Crippen LogP contribution in [0.25, 0.3) is 0 Å². The van der Waals surface area contributed by atoms with Crippen LogP contribution in [0.15, 0.2) is 60.9 Å². The van der Waals surface area contributed by atoms with Crippen molar-refractivity contribution in [1.82, 2.24) is 15.1 Å². The molecule has 1 saturated heterocycles. The smallest absolute Gasteiger partial charge is 0.402 e. The van der Waals surface area contributed by atoms with Crippen molar-refractivity contribution >= 4 is 13.0 Å². The van der Waals surface area contributed by atoms with Gasteiger partial charge >= 0.3 is 7.12 Å². The first-order valence-corrected chi connectivity index (χ1v) is 11.0. The second-order valence-corrected chi connectivity index (χ2v) is 9.51. The van der Waals surface area contributed by atoms with Crippen LogP contribution in [0.1, 0.15) is 60.7 Å². The number of aromatic nitrogens is 2. The zero-order chi connectivity index (χ0) is 23.8. The second-order valence-electron chi connectivity index (χ2n) is 9.51. The molecule has 0 aliphatic carbocycles. The quantitative estimate of drug-likeness (QED) is 0.564. The van der Waals surface area contributed by atoms with Gasteiger partial charge in [0.15, 0.2) is 0 Å². The third-order valence-corrected chi connectivity index (χ3v) is 6.40. The van der Waals surface area contributed by atoms with Gasteiger partial charge in [-0.1, -0.05) is 42.5 Å². The van der Waals surface area contributed by atoms with Crippen molar-refractivity contribution in [3.05, 3.63) is 89.0 Å². The van der Waals surface area contributed by atoms with E-state index in [1.54, 1.807) is 23.0 Å². The molecule has 1 amide bonds. The Kier molecular flexibility index (Phi) is 6.16. The van der Waals surface area contributed by atoms with Gasteiger partial charge in [-0.2, -0.15) is 5.10 Å². The number of nitrogens with zero attached hydrogens (tertiary/aromatic N) is 2. The average molecular weight is 449 g/mol.